The highest BCUT2D eigenvalue weighted by Gasteiger charge is 2.18. The van der Waals surface area contributed by atoms with Gasteiger partial charge in [-0.15, -0.1) is 0 Å². The van der Waals surface area contributed by atoms with Gasteiger partial charge in [-0.2, -0.15) is 0 Å². The summed E-state index contributed by atoms with van der Waals surface area (Å²) in [6, 6.07) is 24.1. The molecule has 0 radical (unpaired) electrons. The predicted octanol–water partition coefficient (Wildman–Crippen LogP) is 6.07. The van der Waals surface area contributed by atoms with Gasteiger partial charge in [0, 0.05) is 0 Å². The SMILES string of the molecule is Cc1ccccc1-c1c(C)cccc1C1=Cc2ccccc2C1. The van der Waals surface area contributed by atoms with E-state index in [1.807, 2.05) is 0 Å². The molecule has 3 aromatic rings. The summed E-state index contributed by atoms with van der Waals surface area (Å²) in [5, 5.41) is 0. The number of hydrogen-bond acceptors (Lipinski definition) is 0. The standard InChI is InChI=1S/C23H20/c1-16-8-3-6-12-21(16)23-17(2)9-7-13-22(23)20-14-18-10-4-5-11-19(18)15-20/h3-14H,15H2,1-2H3. The Morgan fingerprint density at radius 2 is 1.35 bits per heavy atom. The second-order valence-corrected chi connectivity index (χ2v) is 6.36. The largest absolute Gasteiger partial charge is 0.0620 e. The lowest BCUT2D eigenvalue weighted by molar-refractivity contribution is 1.30. The molecule has 3 aromatic carbocycles. The van der Waals surface area contributed by atoms with Gasteiger partial charge in [0.2, 0.25) is 0 Å². The molecule has 0 heteroatoms. The summed E-state index contributed by atoms with van der Waals surface area (Å²) in [6.07, 6.45) is 3.38. The maximum atomic E-state index is 2.35. The fraction of sp³-hybridized carbons (Fsp3) is 0.130. The average molecular weight is 296 g/mol. The first-order valence-electron chi connectivity index (χ1n) is 8.18. The van der Waals surface area contributed by atoms with Gasteiger partial charge in [-0.25, -0.2) is 0 Å². The van der Waals surface area contributed by atoms with Crippen molar-refractivity contribution in [3.05, 3.63) is 94.5 Å². The third kappa shape index (κ3) is 2.41. The molecule has 0 saturated carbocycles. The summed E-state index contributed by atoms with van der Waals surface area (Å²) in [5.41, 5.74) is 11.0. The molecule has 0 N–H and O–H groups in total. The molecule has 0 unspecified atom stereocenters. The fourth-order valence-corrected chi connectivity index (χ4v) is 3.60. The van der Waals surface area contributed by atoms with Crippen molar-refractivity contribution in [1.82, 2.24) is 0 Å². The van der Waals surface area contributed by atoms with Gasteiger partial charge < -0.3 is 0 Å². The van der Waals surface area contributed by atoms with Crippen LogP contribution in [0, 0.1) is 13.8 Å². The second kappa shape index (κ2) is 5.55. The van der Waals surface area contributed by atoms with E-state index in [1.165, 1.54) is 44.5 Å². The molecule has 0 bridgehead atoms. The molecule has 0 spiro atoms. The van der Waals surface area contributed by atoms with Gasteiger partial charge in [-0.1, -0.05) is 72.8 Å². The molecule has 1 aliphatic carbocycles. The fourth-order valence-electron chi connectivity index (χ4n) is 3.60. The molecule has 0 heterocycles. The number of fused-ring (bicyclic) bond motifs is 1. The number of hydrogen-bond donors (Lipinski definition) is 0. The zero-order valence-electron chi connectivity index (χ0n) is 13.6. The van der Waals surface area contributed by atoms with Crippen molar-refractivity contribution in [1.29, 1.82) is 0 Å². The van der Waals surface area contributed by atoms with Gasteiger partial charge in [0.25, 0.3) is 0 Å². The first-order valence-corrected chi connectivity index (χ1v) is 8.18. The Hall–Kier alpha value is -2.60. The molecule has 23 heavy (non-hydrogen) atoms. The normalized spacial score (nSPS) is 12.9. The highest BCUT2D eigenvalue weighted by Crippen LogP contribution is 2.39. The monoisotopic (exact) mass is 296 g/mol. The van der Waals surface area contributed by atoms with Crippen LogP contribution in [0.2, 0.25) is 0 Å². The number of allylic oxidation sites excluding steroid dienone is 1. The van der Waals surface area contributed by atoms with Crippen molar-refractivity contribution < 1.29 is 0 Å². The summed E-state index contributed by atoms with van der Waals surface area (Å²) in [6.45, 7) is 4.41. The molecule has 0 saturated heterocycles. The second-order valence-electron chi connectivity index (χ2n) is 6.36. The maximum Gasteiger partial charge on any atom is -0.00135 e. The number of benzene rings is 3. The van der Waals surface area contributed by atoms with Crippen LogP contribution in [0.15, 0.2) is 66.7 Å². The van der Waals surface area contributed by atoms with Gasteiger partial charge in [0.1, 0.15) is 0 Å². The Bertz CT molecular complexity index is 913. The third-order valence-corrected chi connectivity index (χ3v) is 4.80. The van der Waals surface area contributed by atoms with Crippen molar-refractivity contribution >= 4 is 11.6 Å². The molecule has 0 fully saturated rings. The van der Waals surface area contributed by atoms with Crippen LogP contribution in [0.5, 0.6) is 0 Å². The minimum atomic E-state index is 1.03. The summed E-state index contributed by atoms with van der Waals surface area (Å²) in [4.78, 5) is 0. The zero-order valence-corrected chi connectivity index (χ0v) is 13.6. The summed E-state index contributed by atoms with van der Waals surface area (Å²) < 4.78 is 0. The van der Waals surface area contributed by atoms with E-state index in [0.29, 0.717) is 0 Å². The summed E-state index contributed by atoms with van der Waals surface area (Å²) in [7, 11) is 0. The smallest absolute Gasteiger partial charge is 0.00135 e. The first-order chi connectivity index (χ1) is 11.2. The highest BCUT2D eigenvalue weighted by molar-refractivity contribution is 5.95. The molecule has 112 valence electrons. The van der Waals surface area contributed by atoms with Crippen LogP contribution in [0.25, 0.3) is 22.8 Å². The van der Waals surface area contributed by atoms with Crippen molar-refractivity contribution in [2.45, 2.75) is 20.3 Å². The lowest BCUT2D eigenvalue weighted by Gasteiger charge is -2.16. The third-order valence-electron chi connectivity index (χ3n) is 4.80. The minimum absolute atomic E-state index is 1.03. The van der Waals surface area contributed by atoms with Crippen molar-refractivity contribution in [3.8, 4) is 11.1 Å². The molecule has 0 nitrogen and oxygen atoms in total. The van der Waals surface area contributed by atoms with E-state index < -0.39 is 0 Å². The number of aryl methyl sites for hydroxylation is 2. The molecule has 4 rings (SSSR count). The molecule has 1 aliphatic rings. The van der Waals surface area contributed by atoms with Crippen LogP contribution in [0.3, 0.4) is 0 Å². The van der Waals surface area contributed by atoms with Crippen molar-refractivity contribution in [3.63, 3.8) is 0 Å². The molecular formula is C23H20. The number of rotatable bonds is 2. The van der Waals surface area contributed by atoms with E-state index in [1.54, 1.807) is 0 Å². The van der Waals surface area contributed by atoms with Gasteiger partial charge in [-0.05, 0) is 64.8 Å². The van der Waals surface area contributed by atoms with E-state index in [4.69, 9.17) is 0 Å². The molecule has 0 aromatic heterocycles. The Kier molecular flexibility index (Phi) is 3.38. The van der Waals surface area contributed by atoms with Crippen LogP contribution in [-0.2, 0) is 6.42 Å². The van der Waals surface area contributed by atoms with Gasteiger partial charge in [0.15, 0.2) is 0 Å². The quantitative estimate of drug-likeness (QED) is 0.538. The van der Waals surface area contributed by atoms with E-state index in [0.717, 1.165) is 6.42 Å². The molecule has 0 aliphatic heterocycles. The summed E-state index contributed by atoms with van der Waals surface area (Å²) >= 11 is 0. The van der Waals surface area contributed by atoms with E-state index in [9.17, 15) is 0 Å². The van der Waals surface area contributed by atoms with Crippen molar-refractivity contribution in [2.24, 2.45) is 0 Å². The lowest BCUT2D eigenvalue weighted by Crippen LogP contribution is -1.95. The van der Waals surface area contributed by atoms with E-state index in [-0.39, 0.29) is 0 Å². The molecule has 0 atom stereocenters. The lowest BCUT2D eigenvalue weighted by atomic mass is 9.88. The molecular weight excluding hydrogens is 276 g/mol. The van der Waals surface area contributed by atoms with Crippen LogP contribution >= 0.6 is 0 Å². The Morgan fingerprint density at radius 3 is 2.17 bits per heavy atom. The van der Waals surface area contributed by atoms with E-state index >= 15 is 0 Å². The topological polar surface area (TPSA) is 0 Å². The van der Waals surface area contributed by atoms with E-state index in [2.05, 4.69) is 86.7 Å². The Labute approximate surface area is 138 Å². The zero-order chi connectivity index (χ0) is 15.8. The summed E-state index contributed by atoms with van der Waals surface area (Å²) in [5.74, 6) is 0. The van der Waals surface area contributed by atoms with Crippen LogP contribution in [0.4, 0.5) is 0 Å². The van der Waals surface area contributed by atoms with Gasteiger partial charge >= 0.3 is 0 Å². The van der Waals surface area contributed by atoms with Crippen LogP contribution < -0.4 is 0 Å². The van der Waals surface area contributed by atoms with Gasteiger partial charge in [-0.3, -0.25) is 0 Å². The van der Waals surface area contributed by atoms with Crippen molar-refractivity contribution in [2.75, 3.05) is 0 Å². The highest BCUT2D eigenvalue weighted by atomic mass is 14.2. The predicted molar refractivity (Wildman–Crippen MR) is 99.4 cm³/mol. The minimum Gasteiger partial charge on any atom is -0.0620 e. The van der Waals surface area contributed by atoms with Crippen LogP contribution in [0.1, 0.15) is 27.8 Å². The maximum absolute atomic E-state index is 2.35. The van der Waals surface area contributed by atoms with Crippen LogP contribution in [-0.4, -0.2) is 0 Å². The van der Waals surface area contributed by atoms with Gasteiger partial charge in [0.05, 0.1) is 0 Å². The molecule has 0 amide bonds. The average Bonchev–Trinajstić information content (AvgIpc) is 2.99. The Balaban J connectivity index is 1.89. The first kappa shape index (κ1) is 14.0. The Morgan fingerprint density at radius 1 is 0.652 bits per heavy atom.